The molecular weight excluding hydrogens is 534 g/mol. The molecule has 0 bridgehead atoms. The van der Waals surface area contributed by atoms with Crippen molar-refractivity contribution in [1.29, 1.82) is 0 Å². The molecule has 0 atom stereocenters. The Hall–Kier alpha value is -3.76. The minimum atomic E-state index is -0.636. The van der Waals surface area contributed by atoms with Crippen molar-refractivity contribution in [2.75, 3.05) is 38.5 Å². The van der Waals surface area contributed by atoms with Gasteiger partial charge in [0.05, 0.1) is 11.7 Å². The molecule has 4 aromatic rings. The molecule has 2 aliphatic rings. The van der Waals surface area contributed by atoms with E-state index in [1.807, 2.05) is 43.7 Å². The van der Waals surface area contributed by atoms with E-state index < -0.39 is 11.6 Å². The Kier molecular flexibility index (Phi) is 8.00. The van der Waals surface area contributed by atoms with Crippen LogP contribution in [0.15, 0.2) is 42.2 Å². The number of nitrogens with zero attached hydrogens (tertiary/aromatic N) is 7. The first-order valence-corrected chi connectivity index (χ1v) is 14.8. The lowest BCUT2D eigenvalue weighted by Gasteiger charge is -2.39. The Morgan fingerprint density at radius 3 is 2.40 bits per heavy atom. The number of piperidine rings is 2. The van der Waals surface area contributed by atoms with Crippen LogP contribution in [-0.4, -0.2) is 73.6 Å². The van der Waals surface area contributed by atoms with Gasteiger partial charge in [-0.25, -0.2) is 28.7 Å². The number of anilines is 2. The molecule has 0 unspecified atom stereocenters. The number of rotatable bonds is 6. The van der Waals surface area contributed by atoms with Crippen molar-refractivity contribution in [3.8, 4) is 11.3 Å². The maximum atomic E-state index is 15.0. The highest BCUT2D eigenvalue weighted by Gasteiger charge is 2.25. The van der Waals surface area contributed by atoms with Crippen molar-refractivity contribution >= 4 is 28.9 Å². The van der Waals surface area contributed by atoms with Crippen molar-refractivity contribution < 1.29 is 8.78 Å². The fourth-order valence-electron chi connectivity index (χ4n) is 6.28. The predicted octanol–water partition coefficient (Wildman–Crippen LogP) is 6.37. The molecule has 0 spiro atoms. The molecule has 10 heteroatoms. The van der Waals surface area contributed by atoms with E-state index in [0.717, 1.165) is 43.7 Å². The summed E-state index contributed by atoms with van der Waals surface area (Å²) in [5, 5.41) is 3.06. The number of hydrogen-bond donors (Lipinski definition) is 1. The smallest absolute Gasteiger partial charge is 0.229 e. The lowest BCUT2D eigenvalue weighted by molar-refractivity contribution is 0.114. The molecule has 3 aromatic heterocycles. The van der Waals surface area contributed by atoms with Gasteiger partial charge in [0.2, 0.25) is 5.95 Å². The van der Waals surface area contributed by atoms with Gasteiger partial charge >= 0.3 is 0 Å². The van der Waals surface area contributed by atoms with Crippen molar-refractivity contribution in [3.05, 3.63) is 65.3 Å². The molecule has 2 fully saturated rings. The molecule has 8 nitrogen and oxygen atoms in total. The molecule has 1 aromatic carbocycles. The minimum Gasteiger partial charge on any atom is -0.326 e. The number of aryl methyl sites for hydroxylation is 1. The summed E-state index contributed by atoms with van der Waals surface area (Å²) in [5.74, 6) is 0.270. The number of nitrogens with one attached hydrogen (secondary N) is 1. The third kappa shape index (κ3) is 5.91. The predicted molar refractivity (Wildman–Crippen MR) is 163 cm³/mol. The van der Waals surface area contributed by atoms with Gasteiger partial charge in [-0.15, -0.1) is 0 Å². The summed E-state index contributed by atoms with van der Waals surface area (Å²) in [4.78, 5) is 22.5. The van der Waals surface area contributed by atoms with Crippen LogP contribution in [0.3, 0.4) is 0 Å². The van der Waals surface area contributed by atoms with Crippen LogP contribution in [-0.2, 0) is 0 Å². The van der Waals surface area contributed by atoms with Crippen molar-refractivity contribution in [2.24, 2.45) is 0 Å². The summed E-state index contributed by atoms with van der Waals surface area (Å²) in [6.07, 6.45) is 9.86. The van der Waals surface area contributed by atoms with Crippen LogP contribution >= 0.6 is 0 Å². The Morgan fingerprint density at radius 2 is 1.71 bits per heavy atom. The Morgan fingerprint density at radius 1 is 0.952 bits per heavy atom. The third-order valence-corrected chi connectivity index (χ3v) is 8.50. The zero-order valence-corrected chi connectivity index (χ0v) is 24.7. The molecule has 2 saturated heterocycles. The first-order valence-electron chi connectivity index (χ1n) is 14.8. The summed E-state index contributed by atoms with van der Waals surface area (Å²) in [6.45, 7) is 10.5. The van der Waals surface area contributed by atoms with E-state index in [4.69, 9.17) is 0 Å². The summed E-state index contributed by atoms with van der Waals surface area (Å²) >= 11 is 0. The molecule has 2 aliphatic heterocycles. The maximum absolute atomic E-state index is 15.0. The van der Waals surface area contributed by atoms with E-state index in [2.05, 4.69) is 48.2 Å². The second kappa shape index (κ2) is 11.9. The topological polar surface area (TPSA) is 75.0 Å². The van der Waals surface area contributed by atoms with E-state index in [-0.39, 0.29) is 23.2 Å². The summed E-state index contributed by atoms with van der Waals surface area (Å²) < 4.78 is 31.8. The molecule has 6 rings (SSSR count). The SMILES string of the molecule is Cc1nc2c(F)cc(-c3nc(Nc4ccc(C=C5CCN(C6CCN(C)CC6)CC5)cn4)ncc3F)cc2n1C(C)C. The van der Waals surface area contributed by atoms with Gasteiger partial charge in [0.1, 0.15) is 22.9 Å². The van der Waals surface area contributed by atoms with E-state index in [1.54, 1.807) is 6.07 Å². The maximum Gasteiger partial charge on any atom is 0.229 e. The van der Waals surface area contributed by atoms with Gasteiger partial charge in [0.25, 0.3) is 0 Å². The van der Waals surface area contributed by atoms with Gasteiger partial charge in [0.15, 0.2) is 11.6 Å². The number of fused-ring (bicyclic) bond motifs is 1. The van der Waals surface area contributed by atoms with Crippen LogP contribution in [0.25, 0.3) is 28.4 Å². The highest BCUT2D eigenvalue weighted by molar-refractivity contribution is 5.83. The second-order valence-electron chi connectivity index (χ2n) is 11.8. The molecule has 0 saturated carbocycles. The Balaban J connectivity index is 1.14. The summed E-state index contributed by atoms with van der Waals surface area (Å²) in [7, 11) is 2.21. The number of hydrogen-bond acceptors (Lipinski definition) is 7. The van der Waals surface area contributed by atoms with Crippen molar-refractivity contribution in [1.82, 2.24) is 34.3 Å². The van der Waals surface area contributed by atoms with Gasteiger partial charge < -0.3 is 14.8 Å². The highest BCUT2D eigenvalue weighted by atomic mass is 19.1. The van der Waals surface area contributed by atoms with E-state index in [0.29, 0.717) is 22.7 Å². The highest BCUT2D eigenvalue weighted by Crippen LogP contribution is 2.31. The monoisotopic (exact) mass is 572 g/mol. The number of imidazole rings is 1. The quantitative estimate of drug-likeness (QED) is 0.288. The molecule has 220 valence electrons. The minimum absolute atomic E-state index is 0.00963. The van der Waals surface area contributed by atoms with Gasteiger partial charge in [-0.2, -0.15) is 0 Å². The number of aromatic nitrogens is 5. The molecular formula is C32H38F2N8. The fraction of sp³-hybridized carbons (Fsp3) is 0.438. The summed E-state index contributed by atoms with van der Waals surface area (Å²) in [6, 6.07) is 7.66. The van der Waals surface area contributed by atoms with Gasteiger partial charge in [-0.05, 0) is 96.4 Å². The molecule has 0 aliphatic carbocycles. The molecule has 1 N–H and O–H groups in total. The third-order valence-electron chi connectivity index (χ3n) is 8.50. The lowest BCUT2D eigenvalue weighted by atomic mass is 9.96. The molecule has 0 radical (unpaired) electrons. The van der Waals surface area contributed by atoms with Crippen LogP contribution in [0, 0.1) is 18.6 Å². The second-order valence-corrected chi connectivity index (χ2v) is 11.8. The number of likely N-dealkylation sites (tertiary alicyclic amines) is 2. The molecule has 42 heavy (non-hydrogen) atoms. The first-order chi connectivity index (χ1) is 20.2. The Labute approximate surface area is 245 Å². The number of benzene rings is 1. The molecule has 0 amide bonds. The van der Waals surface area contributed by atoms with E-state index in [9.17, 15) is 4.39 Å². The lowest BCUT2D eigenvalue weighted by Crippen LogP contribution is -2.45. The van der Waals surface area contributed by atoms with Crippen molar-refractivity contribution in [3.63, 3.8) is 0 Å². The normalized spacial score (nSPS) is 17.4. The number of pyridine rings is 1. The first kappa shape index (κ1) is 28.4. The fourth-order valence-corrected chi connectivity index (χ4v) is 6.28. The van der Waals surface area contributed by atoms with Crippen LogP contribution in [0.5, 0.6) is 0 Å². The average Bonchev–Trinajstić information content (AvgIpc) is 3.32. The standard InChI is InChI=1S/C32H38F2N8/c1-20(2)42-21(3)37-31-26(33)16-24(17-28(31)42)30-27(34)19-36-32(39-30)38-29-6-5-23(18-35-29)15-22-7-13-41(14-8-22)25-9-11-40(4)12-10-25/h5-6,15-20,25H,7-14H2,1-4H3,(H,35,36,38,39). The zero-order chi connectivity index (χ0) is 29.4. The van der Waals surface area contributed by atoms with E-state index >= 15 is 4.39 Å². The van der Waals surface area contributed by atoms with Gasteiger partial charge in [-0.3, -0.25) is 4.90 Å². The molecule has 5 heterocycles. The van der Waals surface area contributed by atoms with E-state index in [1.165, 1.54) is 37.6 Å². The zero-order valence-electron chi connectivity index (χ0n) is 24.7. The van der Waals surface area contributed by atoms with Gasteiger partial charge in [-0.1, -0.05) is 11.6 Å². The van der Waals surface area contributed by atoms with Crippen LogP contribution in [0.4, 0.5) is 20.5 Å². The Bertz CT molecular complexity index is 1590. The van der Waals surface area contributed by atoms with Crippen molar-refractivity contribution in [2.45, 2.75) is 58.5 Å². The largest absolute Gasteiger partial charge is 0.326 e. The van der Waals surface area contributed by atoms with Gasteiger partial charge in [0, 0.05) is 36.9 Å². The average molecular weight is 573 g/mol. The van der Waals surface area contributed by atoms with Crippen LogP contribution in [0.2, 0.25) is 0 Å². The number of halogens is 2. The van der Waals surface area contributed by atoms with Crippen LogP contribution in [0.1, 0.15) is 57.0 Å². The summed E-state index contributed by atoms with van der Waals surface area (Å²) in [5.41, 5.74) is 3.69. The van der Waals surface area contributed by atoms with Crippen LogP contribution < -0.4 is 5.32 Å².